The van der Waals surface area contributed by atoms with Crippen LogP contribution in [-0.4, -0.2) is 118 Å². The number of urea groups is 1. The maximum absolute atomic E-state index is 14.2. The van der Waals surface area contributed by atoms with Crippen LogP contribution in [0, 0.1) is 12.3 Å². The molecule has 13 heteroatoms. The number of aromatic nitrogens is 3. The Morgan fingerprint density at radius 1 is 1.02 bits per heavy atom. The minimum Gasteiger partial charge on any atom is -0.397 e. The Bertz CT molecular complexity index is 2020. The highest BCUT2D eigenvalue weighted by Crippen LogP contribution is 2.29. The molecule has 0 saturated carbocycles. The zero-order chi connectivity index (χ0) is 35.6. The number of nitrogens with one attached hydrogen (secondary N) is 2. The predicted molar refractivity (Wildman–Crippen MR) is 201 cm³/mol. The van der Waals surface area contributed by atoms with E-state index >= 15 is 0 Å². The molecule has 0 aliphatic carbocycles. The van der Waals surface area contributed by atoms with Crippen LogP contribution in [0.5, 0.6) is 0 Å². The van der Waals surface area contributed by atoms with E-state index in [1.54, 1.807) is 27.8 Å². The van der Waals surface area contributed by atoms with Gasteiger partial charge in [-0.25, -0.2) is 9.59 Å². The van der Waals surface area contributed by atoms with Crippen molar-refractivity contribution >= 4 is 51.2 Å². The zero-order valence-corrected chi connectivity index (χ0v) is 29.9. The molecule has 12 nitrogen and oxygen atoms in total. The van der Waals surface area contributed by atoms with Gasteiger partial charge >= 0.3 is 11.7 Å². The van der Waals surface area contributed by atoms with E-state index in [0.29, 0.717) is 61.3 Å². The fraction of sp³-hybridized carbons (Fsp3) is 0.474. The second-order valence-electron chi connectivity index (χ2n) is 14.2. The number of para-hydroxylation sites is 1. The van der Waals surface area contributed by atoms with Crippen molar-refractivity contribution in [2.75, 3.05) is 65.1 Å². The molecule has 7 rings (SSSR count). The molecular weight excluding hydrogens is 666 g/mol. The van der Waals surface area contributed by atoms with Gasteiger partial charge in [0.2, 0.25) is 5.91 Å². The predicted octanol–water partition coefficient (Wildman–Crippen LogP) is 3.68. The Morgan fingerprint density at radius 3 is 2.51 bits per heavy atom. The highest BCUT2D eigenvalue weighted by Gasteiger charge is 2.34. The number of pyridine rings is 1. The van der Waals surface area contributed by atoms with Crippen molar-refractivity contribution in [2.45, 2.75) is 56.7 Å². The van der Waals surface area contributed by atoms with Crippen LogP contribution >= 0.6 is 11.6 Å². The Morgan fingerprint density at radius 2 is 1.75 bits per heavy atom. The van der Waals surface area contributed by atoms with E-state index in [1.807, 2.05) is 29.2 Å². The van der Waals surface area contributed by atoms with E-state index in [-0.39, 0.29) is 30.1 Å². The monoisotopic (exact) mass is 711 g/mol. The molecule has 3 aliphatic rings. The SMILES string of the molecule is C#Cc1cc(C[C@@H](NC(=O)N2CCC(n3c(=O)[nH]c4c5ccccc5ncc43)CC2)C(=O)N2CCC(N3CCCN(C)CC3)CC2)cc(Cl)c1N. The number of terminal acetylenes is 1. The van der Waals surface area contributed by atoms with Gasteiger partial charge in [-0.15, -0.1) is 6.42 Å². The third-order valence-corrected chi connectivity index (χ3v) is 11.3. The molecular formula is C38H46ClN9O3. The highest BCUT2D eigenvalue weighted by atomic mass is 35.5. The maximum atomic E-state index is 14.2. The van der Waals surface area contributed by atoms with Crippen LogP contribution in [0.2, 0.25) is 5.02 Å². The number of amides is 3. The Balaban J connectivity index is 1.04. The topological polar surface area (TPSA) is 136 Å². The summed E-state index contributed by atoms with van der Waals surface area (Å²) >= 11 is 6.43. The van der Waals surface area contributed by atoms with E-state index in [1.165, 1.54) is 0 Å². The number of H-pyrrole nitrogens is 1. The molecule has 5 heterocycles. The number of hydrogen-bond acceptors (Lipinski definition) is 7. The van der Waals surface area contributed by atoms with Gasteiger partial charge in [-0.05, 0) is 76.0 Å². The van der Waals surface area contributed by atoms with E-state index in [0.717, 1.165) is 72.9 Å². The molecule has 3 fully saturated rings. The Labute approximate surface area is 302 Å². The molecule has 0 bridgehead atoms. The summed E-state index contributed by atoms with van der Waals surface area (Å²) in [4.78, 5) is 57.4. The summed E-state index contributed by atoms with van der Waals surface area (Å²) in [6, 6.07) is 10.4. The molecule has 3 amide bonds. The van der Waals surface area contributed by atoms with Crippen LogP contribution in [0.15, 0.2) is 47.4 Å². The first kappa shape index (κ1) is 34.9. The summed E-state index contributed by atoms with van der Waals surface area (Å²) in [6.45, 7) is 6.43. The number of likely N-dealkylation sites (N-methyl/N-ethyl adjacent to an activating group) is 1. The minimum atomic E-state index is -0.820. The molecule has 4 N–H and O–H groups in total. The van der Waals surface area contributed by atoms with Crippen LogP contribution in [0.1, 0.15) is 49.3 Å². The van der Waals surface area contributed by atoms with Crippen molar-refractivity contribution in [3.8, 4) is 12.3 Å². The molecule has 268 valence electrons. The summed E-state index contributed by atoms with van der Waals surface area (Å²) in [6.07, 6.45) is 11.8. The first-order valence-electron chi connectivity index (χ1n) is 18.0. The lowest BCUT2D eigenvalue weighted by atomic mass is 9.98. The smallest absolute Gasteiger partial charge is 0.326 e. The van der Waals surface area contributed by atoms with Gasteiger partial charge < -0.3 is 30.7 Å². The first-order valence-corrected chi connectivity index (χ1v) is 18.4. The van der Waals surface area contributed by atoms with Crippen molar-refractivity contribution in [2.24, 2.45) is 0 Å². The fourth-order valence-corrected chi connectivity index (χ4v) is 8.34. The van der Waals surface area contributed by atoms with E-state index in [4.69, 9.17) is 23.8 Å². The van der Waals surface area contributed by atoms with Gasteiger partial charge in [0.15, 0.2) is 0 Å². The normalized spacial score (nSPS) is 19.2. The van der Waals surface area contributed by atoms with Crippen molar-refractivity contribution < 1.29 is 9.59 Å². The van der Waals surface area contributed by atoms with Crippen LogP contribution < -0.4 is 16.7 Å². The Hall–Kier alpha value is -4.57. The van der Waals surface area contributed by atoms with Crippen molar-refractivity contribution in [3.05, 3.63) is 69.2 Å². The molecule has 0 spiro atoms. The average Bonchev–Trinajstić information content (AvgIpc) is 3.34. The van der Waals surface area contributed by atoms with E-state index < -0.39 is 6.04 Å². The third kappa shape index (κ3) is 7.29. The van der Waals surface area contributed by atoms with Crippen LogP contribution in [0.3, 0.4) is 0 Å². The minimum absolute atomic E-state index is 0.0966. The number of nitrogens with zero attached hydrogens (tertiary/aromatic N) is 6. The number of aromatic amines is 1. The number of nitrogens with two attached hydrogens (primary N) is 1. The van der Waals surface area contributed by atoms with Crippen LogP contribution in [-0.2, 0) is 11.2 Å². The fourth-order valence-electron chi connectivity index (χ4n) is 8.10. The average molecular weight is 712 g/mol. The third-order valence-electron chi connectivity index (χ3n) is 11.0. The van der Waals surface area contributed by atoms with Gasteiger partial charge in [0, 0.05) is 68.7 Å². The van der Waals surface area contributed by atoms with Gasteiger partial charge in [0.1, 0.15) is 6.04 Å². The number of hydrogen-bond donors (Lipinski definition) is 3. The lowest BCUT2D eigenvalue weighted by Crippen LogP contribution is -2.56. The van der Waals surface area contributed by atoms with Crippen LogP contribution in [0.25, 0.3) is 21.9 Å². The van der Waals surface area contributed by atoms with E-state index in [2.05, 4.69) is 38.1 Å². The number of imidazole rings is 1. The van der Waals surface area contributed by atoms with Gasteiger partial charge in [0.05, 0.1) is 33.5 Å². The molecule has 2 aromatic heterocycles. The van der Waals surface area contributed by atoms with Gasteiger partial charge in [-0.1, -0.05) is 35.7 Å². The van der Waals surface area contributed by atoms with Crippen LogP contribution in [0.4, 0.5) is 10.5 Å². The Kier molecular flexibility index (Phi) is 10.2. The molecule has 0 unspecified atom stereocenters. The number of carbonyl (C=O) groups is 2. The molecule has 0 radical (unpaired) electrons. The summed E-state index contributed by atoms with van der Waals surface area (Å²) in [7, 11) is 2.17. The zero-order valence-electron chi connectivity index (χ0n) is 29.1. The number of nitrogen functional groups attached to an aromatic ring is 1. The maximum Gasteiger partial charge on any atom is 0.326 e. The number of carbonyl (C=O) groups excluding carboxylic acids is 2. The van der Waals surface area contributed by atoms with Crippen molar-refractivity contribution in [3.63, 3.8) is 0 Å². The molecule has 1 atom stereocenters. The number of benzene rings is 2. The summed E-state index contributed by atoms with van der Waals surface area (Å²) in [5.74, 6) is 2.46. The summed E-state index contributed by atoms with van der Waals surface area (Å²) in [5.41, 5.74) is 9.75. The number of piperidine rings is 2. The highest BCUT2D eigenvalue weighted by molar-refractivity contribution is 6.33. The molecule has 3 aliphatic heterocycles. The second-order valence-corrected chi connectivity index (χ2v) is 14.6. The molecule has 51 heavy (non-hydrogen) atoms. The molecule has 4 aromatic rings. The van der Waals surface area contributed by atoms with Gasteiger partial charge in [-0.3, -0.25) is 19.2 Å². The number of rotatable bonds is 6. The number of fused-ring (bicyclic) bond motifs is 3. The number of halogens is 1. The molecule has 2 aromatic carbocycles. The van der Waals surface area contributed by atoms with Crippen molar-refractivity contribution in [1.29, 1.82) is 0 Å². The van der Waals surface area contributed by atoms with E-state index in [9.17, 15) is 14.4 Å². The summed E-state index contributed by atoms with van der Waals surface area (Å²) in [5, 5.41) is 4.29. The molecule has 3 saturated heterocycles. The summed E-state index contributed by atoms with van der Waals surface area (Å²) < 4.78 is 1.78. The number of anilines is 1. The van der Waals surface area contributed by atoms with Gasteiger partial charge in [-0.2, -0.15) is 0 Å². The lowest BCUT2D eigenvalue weighted by Gasteiger charge is -2.39. The quantitative estimate of drug-likeness (QED) is 0.205. The second kappa shape index (κ2) is 15.0. The lowest BCUT2D eigenvalue weighted by molar-refractivity contribution is -0.134. The largest absolute Gasteiger partial charge is 0.397 e. The van der Waals surface area contributed by atoms with Crippen molar-refractivity contribution in [1.82, 2.24) is 39.5 Å². The number of likely N-dealkylation sites (tertiary alicyclic amines) is 2. The van der Waals surface area contributed by atoms with Gasteiger partial charge in [0.25, 0.3) is 0 Å². The first-order chi connectivity index (χ1) is 24.7. The standard InChI is InChI=1S/C38H46ClN9O3/c1-3-26-21-25(22-30(39)34(26)40)23-32(36(49)46-15-9-27(10-16-46)45-14-6-13-44(2)19-20-45)42-37(50)47-17-11-28(12-18-47)48-33-24-41-31-8-5-4-7-29(31)35(33)43-38(48)51/h1,4-5,7-8,21-22,24,27-28,32H,6,9-20,23,40H2,2H3,(H,42,50)(H,43,51)/t32-/m1/s1.